The Hall–Kier alpha value is -0.740. The van der Waals surface area contributed by atoms with Crippen molar-refractivity contribution in [3.05, 3.63) is 0 Å². The summed E-state index contributed by atoms with van der Waals surface area (Å²) in [5.74, 6) is 2.62. The monoisotopic (exact) mass is 403 g/mol. The molecule has 4 rings (SSSR count). The second-order valence-electron chi connectivity index (χ2n) is 11.3. The van der Waals surface area contributed by atoms with Gasteiger partial charge in [0.2, 0.25) is 0 Å². The average Bonchev–Trinajstić information content (AvgIpc) is 2.97. The van der Waals surface area contributed by atoms with Gasteiger partial charge < -0.3 is 9.64 Å². The molecular weight excluding hydrogens is 362 g/mol. The molecule has 4 aliphatic carbocycles. The van der Waals surface area contributed by atoms with Gasteiger partial charge in [-0.1, -0.05) is 13.8 Å². The number of carbonyl (C=O) groups is 2. The molecule has 4 heteroatoms. The van der Waals surface area contributed by atoms with Crippen LogP contribution in [0.25, 0.3) is 0 Å². The predicted octanol–water partition coefficient (Wildman–Crippen LogP) is 4.50. The number of Topliss-reactive ketones (excluding diaryl/α,β-unsaturated/α-hetero) is 2. The molecular formula is C25H41NO3. The van der Waals surface area contributed by atoms with Gasteiger partial charge in [-0.15, -0.1) is 0 Å². The third kappa shape index (κ3) is 3.73. The van der Waals surface area contributed by atoms with Gasteiger partial charge in [-0.25, -0.2) is 0 Å². The number of unbranched alkanes of at least 4 members (excludes halogenated alkanes) is 1. The molecule has 0 aliphatic heterocycles. The minimum absolute atomic E-state index is 0.123. The first-order chi connectivity index (χ1) is 13.8. The number of hydrogen-bond donors (Lipinski definition) is 0. The van der Waals surface area contributed by atoms with Gasteiger partial charge in [0.1, 0.15) is 11.6 Å². The fraction of sp³-hybridized carbons (Fsp3) is 0.920. The van der Waals surface area contributed by atoms with E-state index in [4.69, 9.17) is 4.74 Å². The zero-order chi connectivity index (χ0) is 20.8. The van der Waals surface area contributed by atoms with E-state index in [9.17, 15) is 9.59 Å². The Balaban J connectivity index is 1.39. The van der Waals surface area contributed by atoms with Gasteiger partial charge in [-0.3, -0.25) is 9.59 Å². The van der Waals surface area contributed by atoms with E-state index >= 15 is 0 Å². The van der Waals surface area contributed by atoms with E-state index in [2.05, 4.69) is 32.8 Å². The van der Waals surface area contributed by atoms with Crippen LogP contribution < -0.4 is 0 Å². The molecule has 0 radical (unpaired) electrons. The van der Waals surface area contributed by atoms with Crippen LogP contribution in [-0.4, -0.2) is 49.8 Å². The smallest absolute Gasteiger partial charge is 0.139 e. The van der Waals surface area contributed by atoms with Crippen LogP contribution in [0.3, 0.4) is 0 Å². The maximum atomic E-state index is 13.3. The molecule has 164 valence electrons. The highest BCUT2D eigenvalue weighted by molar-refractivity contribution is 5.88. The lowest BCUT2D eigenvalue weighted by Gasteiger charge is -2.59. The molecule has 0 unspecified atom stereocenters. The van der Waals surface area contributed by atoms with Gasteiger partial charge in [0.05, 0.1) is 6.10 Å². The molecule has 0 aromatic heterocycles. The van der Waals surface area contributed by atoms with Crippen LogP contribution >= 0.6 is 0 Å². The normalized spacial score (nSPS) is 44.5. The molecule has 0 amide bonds. The van der Waals surface area contributed by atoms with Crippen molar-refractivity contribution in [2.24, 2.45) is 34.5 Å². The van der Waals surface area contributed by atoms with Crippen LogP contribution in [0.15, 0.2) is 0 Å². The Labute approximate surface area is 177 Å². The van der Waals surface area contributed by atoms with Crippen molar-refractivity contribution in [2.45, 2.75) is 84.2 Å². The number of carbonyl (C=O) groups excluding carboxylic acids is 2. The summed E-state index contributed by atoms with van der Waals surface area (Å²) < 4.78 is 6.23. The Morgan fingerprint density at radius 2 is 1.83 bits per heavy atom. The molecule has 0 aromatic carbocycles. The van der Waals surface area contributed by atoms with Crippen LogP contribution in [0.4, 0.5) is 0 Å². The summed E-state index contributed by atoms with van der Waals surface area (Å²) in [4.78, 5) is 28.1. The largest absolute Gasteiger partial charge is 0.378 e. The van der Waals surface area contributed by atoms with Crippen molar-refractivity contribution in [2.75, 3.05) is 27.2 Å². The van der Waals surface area contributed by atoms with Gasteiger partial charge in [0.25, 0.3) is 0 Å². The van der Waals surface area contributed by atoms with E-state index in [1.807, 2.05) is 0 Å². The van der Waals surface area contributed by atoms with Crippen molar-refractivity contribution < 1.29 is 14.3 Å². The predicted molar refractivity (Wildman–Crippen MR) is 115 cm³/mol. The van der Waals surface area contributed by atoms with E-state index in [-0.39, 0.29) is 22.9 Å². The molecule has 0 saturated heterocycles. The van der Waals surface area contributed by atoms with Crippen LogP contribution in [0, 0.1) is 34.5 Å². The van der Waals surface area contributed by atoms with Crippen molar-refractivity contribution in [1.82, 2.24) is 4.90 Å². The Bertz CT molecular complexity index is 646. The van der Waals surface area contributed by atoms with Gasteiger partial charge in [0.15, 0.2) is 0 Å². The number of nitrogens with zero attached hydrogens (tertiary/aromatic N) is 1. The summed E-state index contributed by atoms with van der Waals surface area (Å²) in [7, 11) is 4.22. The Morgan fingerprint density at radius 1 is 1.03 bits per heavy atom. The quantitative estimate of drug-likeness (QED) is 0.613. The summed E-state index contributed by atoms with van der Waals surface area (Å²) in [6.07, 6.45) is 10.3. The van der Waals surface area contributed by atoms with Gasteiger partial charge in [-0.05, 0) is 95.2 Å². The van der Waals surface area contributed by atoms with Crippen molar-refractivity contribution in [3.63, 3.8) is 0 Å². The lowest BCUT2D eigenvalue weighted by atomic mass is 9.45. The van der Waals surface area contributed by atoms with Crippen molar-refractivity contribution in [3.8, 4) is 0 Å². The summed E-state index contributed by atoms with van der Waals surface area (Å²) in [5.41, 5.74) is -0.0186. The lowest BCUT2D eigenvalue weighted by molar-refractivity contribution is -0.162. The van der Waals surface area contributed by atoms with Crippen LogP contribution in [0.2, 0.25) is 0 Å². The Morgan fingerprint density at radius 3 is 2.59 bits per heavy atom. The molecule has 4 aliphatic rings. The standard InChI is InChI=1S/C25H41NO3/c1-24-11-9-17(29-14-6-5-13-26(3)4)15-21(24)22(27)16-18-19-7-8-23(28)25(19,2)12-10-20(18)24/h17-21H,5-16H2,1-4H3/t17-,18-,19-,20-,21+,24+,25-/m0/s1. The van der Waals surface area contributed by atoms with E-state index < -0.39 is 0 Å². The third-order valence-electron chi connectivity index (χ3n) is 9.47. The molecule has 4 fully saturated rings. The van der Waals surface area contributed by atoms with Gasteiger partial charge >= 0.3 is 0 Å². The molecule has 0 aromatic rings. The summed E-state index contributed by atoms with van der Waals surface area (Å²) >= 11 is 0. The maximum Gasteiger partial charge on any atom is 0.139 e. The lowest BCUT2D eigenvalue weighted by Crippen LogP contribution is -2.57. The highest BCUT2D eigenvalue weighted by Gasteiger charge is 2.62. The first kappa shape index (κ1) is 21.5. The summed E-state index contributed by atoms with van der Waals surface area (Å²) in [5, 5.41) is 0. The zero-order valence-corrected chi connectivity index (χ0v) is 19.0. The second kappa shape index (κ2) is 8.07. The zero-order valence-electron chi connectivity index (χ0n) is 19.0. The van der Waals surface area contributed by atoms with Gasteiger partial charge in [0, 0.05) is 30.8 Å². The fourth-order valence-corrected chi connectivity index (χ4v) is 7.71. The number of ketones is 2. The minimum Gasteiger partial charge on any atom is -0.378 e. The fourth-order valence-electron chi connectivity index (χ4n) is 7.71. The molecule has 0 spiro atoms. The number of ether oxygens (including phenoxy) is 1. The first-order valence-corrected chi connectivity index (χ1v) is 12.1. The van der Waals surface area contributed by atoms with Crippen LogP contribution in [0.5, 0.6) is 0 Å². The molecule has 0 N–H and O–H groups in total. The summed E-state index contributed by atoms with van der Waals surface area (Å²) in [6, 6.07) is 0. The number of hydrogen-bond acceptors (Lipinski definition) is 4. The Kier molecular flexibility index (Phi) is 5.98. The molecule has 0 bridgehead atoms. The average molecular weight is 404 g/mol. The number of fused-ring (bicyclic) bond motifs is 5. The molecule has 4 saturated carbocycles. The van der Waals surface area contributed by atoms with E-state index in [1.165, 1.54) is 6.42 Å². The van der Waals surface area contributed by atoms with Crippen LogP contribution in [-0.2, 0) is 14.3 Å². The number of rotatable bonds is 6. The van der Waals surface area contributed by atoms with Crippen molar-refractivity contribution in [1.29, 1.82) is 0 Å². The highest BCUT2D eigenvalue weighted by Crippen LogP contribution is 2.64. The maximum absolute atomic E-state index is 13.3. The van der Waals surface area contributed by atoms with E-state index in [0.717, 1.165) is 64.5 Å². The van der Waals surface area contributed by atoms with Crippen molar-refractivity contribution >= 4 is 11.6 Å². The third-order valence-corrected chi connectivity index (χ3v) is 9.47. The van der Waals surface area contributed by atoms with E-state index in [0.29, 0.717) is 35.7 Å². The molecule has 0 heterocycles. The first-order valence-electron chi connectivity index (χ1n) is 12.1. The molecule has 7 atom stereocenters. The van der Waals surface area contributed by atoms with E-state index in [1.54, 1.807) is 0 Å². The molecule has 4 nitrogen and oxygen atoms in total. The van der Waals surface area contributed by atoms with Gasteiger partial charge in [-0.2, -0.15) is 0 Å². The second-order valence-corrected chi connectivity index (χ2v) is 11.3. The van der Waals surface area contributed by atoms with Crippen LogP contribution in [0.1, 0.15) is 78.1 Å². The summed E-state index contributed by atoms with van der Waals surface area (Å²) in [6.45, 7) is 6.53. The topological polar surface area (TPSA) is 46.6 Å². The highest BCUT2D eigenvalue weighted by atomic mass is 16.5. The SMILES string of the molecule is CN(C)CCCCO[C@H]1CC[C@@]2(C)[C@H](C1)C(=O)C[C@@H]1[C@@H]2CC[C@]2(C)C(=O)CC[C@@H]12. The molecule has 29 heavy (non-hydrogen) atoms. The minimum atomic E-state index is -0.141.